The lowest BCUT2D eigenvalue weighted by molar-refractivity contribution is 0.108. The SMILES string of the molecule is N#Cc1c(C(=O)Cl)cc[nH]c1=O. The highest BCUT2D eigenvalue weighted by atomic mass is 35.5. The molecule has 0 aliphatic carbocycles. The first-order valence-electron chi connectivity index (χ1n) is 2.98. The first-order chi connectivity index (χ1) is 5.66. The van der Waals surface area contributed by atoms with Gasteiger partial charge in [0, 0.05) is 6.20 Å². The molecule has 0 aliphatic rings. The lowest BCUT2D eigenvalue weighted by Crippen LogP contribution is -2.13. The number of halogens is 1. The third kappa shape index (κ3) is 1.36. The van der Waals surface area contributed by atoms with Gasteiger partial charge in [0.25, 0.3) is 10.8 Å². The molecule has 0 unspecified atom stereocenters. The predicted octanol–water partition coefficient (Wildman–Crippen LogP) is 0.626. The summed E-state index contributed by atoms with van der Waals surface area (Å²) in [6.45, 7) is 0. The fourth-order valence-electron chi connectivity index (χ4n) is 0.753. The Bertz CT molecular complexity index is 416. The van der Waals surface area contributed by atoms with Crippen molar-refractivity contribution < 1.29 is 4.79 Å². The van der Waals surface area contributed by atoms with Gasteiger partial charge in [-0.25, -0.2) is 0 Å². The third-order valence-electron chi connectivity index (χ3n) is 1.28. The molecule has 0 amide bonds. The minimum atomic E-state index is -0.808. The lowest BCUT2D eigenvalue weighted by atomic mass is 10.2. The van der Waals surface area contributed by atoms with Crippen molar-refractivity contribution in [3.63, 3.8) is 0 Å². The Hall–Kier alpha value is -1.60. The van der Waals surface area contributed by atoms with Crippen LogP contribution in [0.2, 0.25) is 0 Å². The average molecular weight is 183 g/mol. The number of hydrogen-bond acceptors (Lipinski definition) is 3. The molecule has 1 heterocycles. The van der Waals surface area contributed by atoms with E-state index in [2.05, 4.69) is 4.98 Å². The quantitative estimate of drug-likeness (QED) is 0.648. The number of nitriles is 1. The molecule has 1 rings (SSSR count). The largest absolute Gasteiger partial charge is 0.328 e. The van der Waals surface area contributed by atoms with E-state index in [0.29, 0.717) is 0 Å². The number of nitrogens with one attached hydrogen (secondary N) is 1. The Morgan fingerprint density at radius 1 is 1.67 bits per heavy atom. The van der Waals surface area contributed by atoms with Crippen molar-refractivity contribution >= 4 is 16.8 Å². The zero-order valence-electron chi connectivity index (χ0n) is 5.80. The molecule has 0 atom stereocenters. The molecule has 60 valence electrons. The Morgan fingerprint density at radius 2 is 2.33 bits per heavy atom. The smallest absolute Gasteiger partial charge is 0.266 e. The van der Waals surface area contributed by atoms with Gasteiger partial charge in [-0.05, 0) is 17.7 Å². The maximum absolute atomic E-state index is 10.9. The highest BCUT2D eigenvalue weighted by molar-refractivity contribution is 6.68. The van der Waals surface area contributed by atoms with Crippen molar-refractivity contribution in [1.29, 1.82) is 5.26 Å². The highest BCUT2D eigenvalue weighted by Gasteiger charge is 2.10. The average Bonchev–Trinajstić information content (AvgIpc) is 2.03. The zero-order valence-corrected chi connectivity index (χ0v) is 6.55. The first-order valence-corrected chi connectivity index (χ1v) is 3.36. The van der Waals surface area contributed by atoms with Crippen LogP contribution < -0.4 is 5.56 Å². The molecule has 4 nitrogen and oxygen atoms in total. The van der Waals surface area contributed by atoms with Crippen LogP contribution in [-0.2, 0) is 0 Å². The topological polar surface area (TPSA) is 73.7 Å². The summed E-state index contributed by atoms with van der Waals surface area (Å²) >= 11 is 5.12. The fourth-order valence-corrected chi connectivity index (χ4v) is 0.911. The van der Waals surface area contributed by atoms with Gasteiger partial charge in [-0.2, -0.15) is 5.26 Å². The molecular weight excluding hydrogens is 180 g/mol. The van der Waals surface area contributed by atoms with Gasteiger partial charge in [0.15, 0.2) is 0 Å². The molecule has 1 aromatic rings. The highest BCUT2D eigenvalue weighted by Crippen LogP contribution is 2.04. The summed E-state index contributed by atoms with van der Waals surface area (Å²) in [7, 11) is 0. The second-order valence-electron chi connectivity index (χ2n) is 1.98. The van der Waals surface area contributed by atoms with Crippen molar-refractivity contribution in [2.45, 2.75) is 0 Å². The predicted molar refractivity (Wildman–Crippen MR) is 42.0 cm³/mol. The van der Waals surface area contributed by atoms with Crippen LogP contribution in [0.1, 0.15) is 15.9 Å². The van der Waals surface area contributed by atoms with Gasteiger partial charge in [0.05, 0.1) is 5.56 Å². The van der Waals surface area contributed by atoms with Crippen LogP contribution in [0.25, 0.3) is 0 Å². The molecule has 0 saturated heterocycles. The Labute approximate surface area is 72.4 Å². The molecule has 0 fully saturated rings. The van der Waals surface area contributed by atoms with Crippen LogP contribution >= 0.6 is 11.6 Å². The van der Waals surface area contributed by atoms with Crippen LogP contribution in [0.3, 0.4) is 0 Å². The van der Waals surface area contributed by atoms with E-state index >= 15 is 0 Å². The van der Waals surface area contributed by atoms with E-state index in [1.54, 1.807) is 6.07 Å². The second kappa shape index (κ2) is 3.20. The standard InChI is InChI=1S/C7H3ClN2O2/c8-6(11)4-1-2-10-7(12)5(4)3-9/h1-2H,(H,10,12). The van der Waals surface area contributed by atoms with Gasteiger partial charge in [-0.3, -0.25) is 9.59 Å². The summed E-state index contributed by atoms with van der Waals surface area (Å²) in [6.07, 6.45) is 1.26. The van der Waals surface area contributed by atoms with Crippen molar-refractivity contribution in [2.24, 2.45) is 0 Å². The van der Waals surface area contributed by atoms with E-state index in [9.17, 15) is 9.59 Å². The summed E-state index contributed by atoms with van der Waals surface area (Å²) in [6, 6.07) is 2.88. The summed E-state index contributed by atoms with van der Waals surface area (Å²) in [5.74, 6) is 0. The molecule has 0 aliphatic heterocycles. The molecule has 0 radical (unpaired) electrons. The number of nitrogens with zero attached hydrogens (tertiary/aromatic N) is 1. The summed E-state index contributed by atoms with van der Waals surface area (Å²) in [5, 5.41) is 7.66. The monoisotopic (exact) mass is 182 g/mol. The molecule has 1 aromatic heterocycles. The van der Waals surface area contributed by atoms with E-state index in [1.807, 2.05) is 0 Å². The van der Waals surface area contributed by atoms with Gasteiger partial charge in [-0.15, -0.1) is 0 Å². The number of carbonyl (C=O) groups is 1. The van der Waals surface area contributed by atoms with Gasteiger partial charge >= 0.3 is 0 Å². The molecule has 0 spiro atoms. The summed E-state index contributed by atoms with van der Waals surface area (Å²) in [4.78, 5) is 23.8. The minimum Gasteiger partial charge on any atom is -0.328 e. The Morgan fingerprint density at radius 3 is 2.75 bits per heavy atom. The minimum absolute atomic E-state index is 0.0667. The normalized spacial score (nSPS) is 9.00. The first kappa shape index (κ1) is 8.50. The molecule has 0 saturated carbocycles. The van der Waals surface area contributed by atoms with Gasteiger partial charge < -0.3 is 4.98 Å². The van der Waals surface area contributed by atoms with Gasteiger partial charge in [0.2, 0.25) is 0 Å². The van der Waals surface area contributed by atoms with E-state index in [0.717, 1.165) is 0 Å². The number of pyridine rings is 1. The number of aromatic amines is 1. The van der Waals surface area contributed by atoms with Crippen LogP contribution in [0.5, 0.6) is 0 Å². The molecule has 0 bridgehead atoms. The molecule has 1 N–H and O–H groups in total. The Balaban J connectivity index is 3.51. The second-order valence-corrected chi connectivity index (χ2v) is 2.32. The number of aromatic nitrogens is 1. The third-order valence-corrected chi connectivity index (χ3v) is 1.49. The van der Waals surface area contributed by atoms with Gasteiger partial charge in [0.1, 0.15) is 11.6 Å². The Kier molecular flexibility index (Phi) is 2.26. The van der Waals surface area contributed by atoms with Crippen LogP contribution in [-0.4, -0.2) is 10.2 Å². The maximum Gasteiger partial charge on any atom is 0.266 e. The number of hydrogen-bond donors (Lipinski definition) is 1. The van der Waals surface area contributed by atoms with E-state index in [-0.39, 0.29) is 11.1 Å². The van der Waals surface area contributed by atoms with Gasteiger partial charge in [-0.1, -0.05) is 0 Å². The number of rotatable bonds is 1. The van der Waals surface area contributed by atoms with Crippen LogP contribution in [0, 0.1) is 11.3 Å². The molecule has 12 heavy (non-hydrogen) atoms. The maximum atomic E-state index is 10.9. The van der Waals surface area contributed by atoms with Crippen molar-refractivity contribution in [1.82, 2.24) is 4.98 Å². The number of carbonyl (C=O) groups excluding carboxylic acids is 1. The van der Waals surface area contributed by atoms with Crippen molar-refractivity contribution in [2.75, 3.05) is 0 Å². The van der Waals surface area contributed by atoms with Crippen LogP contribution in [0.15, 0.2) is 17.1 Å². The van der Waals surface area contributed by atoms with E-state index in [1.165, 1.54) is 12.3 Å². The van der Waals surface area contributed by atoms with Crippen molar-refractivity contribution in [3.05, 3.63) is 33.7 Å². The fraction of sp³-hybridized carbons (Fsp3) is 0. The molecule has 0 aromatic carbocycles. The van der Waals surface area contributed by atoms with Crippen molar-refractivity contribution in [3.8, 4) is 6.07 Å². The van der Waals surface area contributed by atoms with E-state index in [4.69, 9.17) is 16.9 Å². The van der Waals surface area contributed by atoms with E-state index < -0.39 is 10.8 Å². The molecule has 5 heteroatoms. The summed E-state index contributed by atoms with van der Waals surface area (Å²) < 4.78 is 0. The lowest BCUT2D eigenvalue weighted by Gasteiger charge is -1.93. The van der Waals surface area contributed by atoms with Crippen LogP contribution in [0.4, 0.5) is 0 Å². The molecular formula is C7H3ClN2O2. The zero-order chi connectivity index (χ0) is 9.14. The summed E-state index contributed by atoms with van der Waals surface area (Å²) in [5.41, 5.74) is -0.926. The number of H-pyrrole nitrogens is 1.